The Balaban J connectivity index is 1.68. The minimum atomic E-state index is 0.222. The van der Waals surface area contributed by atoms with Gasteiger partial charge in [0, 0.05) is 22.2 Å². The van der Waals surface area contributed by atoms with Crippen molar-refractivity contribution in [2.24, 2.45) is 4.99 Å². The summed E-state index contributed by atoms with van der Waals surface area (Å²) in [5.41, 5.74) is 4.14. The van der Waals surface area contributed by atoms with Crippen molar-refractivity contribution in [3.8, 4) is 22.8 Å². The molecule has 0 saturated carbocycles. The fourth-order valence-electron chi connectivity index (χ4n) is 2.88. The highest BCUT2D eigenvalue weighted by Gasteiger charge is 2.21. The maximum absolute atomic E-state index is 9.81. The predicted molar refractivity (Wildman–Crippen MR) is 96.9 cm³/mol. The van der Waals surface area contributed by atoms with E-state index in [1.807, 2.05) is 18.2 Å². The first-order valence-corrected chi connectivity index (χ1v) is 8.55. The highest BCUT2D eigenvalue weighted by atomic mass is 32.1. The Morgan fingerprint density at radius 2 is 2.08 bits per heavy atom. The van der Waals surface area contributed by atoms with E-state index in [-0.39, 0.29) is 5.75 Å². The number of phenols is 1. The summed E-state index contributed by atoms with van der Waals surface area (Å²) in [6.07, 6.45) is 3.62. The van der Waals surface area contributed by atoms with E-state index >= 15 is 0 Å². The molecule has 0 radical (unpaired) electrons. The van der Waals surface area contributed by atoms with Crippen molar-refractivity contribution in [2.75, 3.05) is 7.11 Å². The molecule has 0 fully saturated rings. The van der Waals surface area contributed by atoms with Gasteiger partial charge in [-0.2, -0.15) is 0 Å². The zero-order valence-corrected chi connectivity index (χ0v) is 14.0. The van der Waals surface area contributed by atoms with E-state index in [0.717, 1.165) is 29.8 Å². The van der Waals surface area contributed by atoms with E-state index in [9.17, 15) is 5.11 Å². The summed E-state index contributed by atoms with van der Waals surface area (Å²) in [5.74, 6) is 1.10. The van der Waals surface area contributed by atoms with Gasteiger partial charge in [0.05, 0.1) is 12.8 Å². The smallest absolute Gasteiger partial charge is 0.209 e. The molecule has 0 bridgehead atoms. The third-order valence-electron chi connectivity index (χ3n) is 4.13. The second kappa shape index (κ2) is 6.09. The summed E-state index contributed by atoms with van der Waals surface area (Å²) in [6.45, 7) is 0. The molecule has 0 spiro atoms. The molecule has 0 aliphatic heterocycles. The Labute approximate surface area is 144 Å². The SMILES string of the molecule is COc1ccc2c(c1)CCc1sc(N=Cc3ccccc3O)nc1-2. The Hall–Kier alpha value is -2.66. The number of aromatic nitrogens is 1. The molecular weight excluding hydrogens is 320 g/mol. The molecule has 4 nitrogen and oxygen atoms in total. The Morgan fingerprint density at radius 3 is 2.92 bits per heavy atom. The van der Waals surface area contributed by atoms with Crippen LogP contribution in [-0.2, 0) is 12.8 Å². The van der Waals surface area contributed by atoms with Crippen molar-refractivity contribution in [1.82, 2.24) is 4.98 Å². The topological polar surface area (TPSA) is 54.7 Å². The maximum Gasteiger partial charge on any atom is 0.209 e. The molecule has 1 N–H and O–H groups in total. The number of benzene rings is 2. The first-order chi connectivity index (χ1) is 11.7. The molecule has 5 heteroatoms. The largest absolute Gasteiger partial charge is 0.507 e. The van der Waals surface area contributed by atoms with Crippen LogP contribution in [0.25, 0.3) is 11.3 Å². The molecule has 1 aliphatic rings. The number of methoxy groups -OCH3 is 1. The van der Waals surface area contributed by atoms with Crippen LogP contribution >= 0.6 is 11.3 Å². The summed E-state index contributed by atoms with van der Waals surface area (Å²) < 4.78 is 5.31. The number of nitrogens with zero attached hydrogens (tertiary/aromatic N) is 2. The van der Waals surface area contributed by atoms with Gasteiger partial charge in [-0.15, -0.1) is 0 Å². The molecule has 0 amide bonds. The number of hydrogen-bond donors (Lipinski definition) is 1. The molecule has 2 aromatic carbocycles. The molecule has 4 rings (SSSR count). The van der Waals surface area contributed by atoms with Crippen LogP contribution in [0.2, 0.25) is 0 Å². The first-order valence-electron chi connectivity index (χ1n) is 7.73. The zero-order chi connectivity index (χ0) is 16.5. The molecular formula is C19H16N2O2S. The van der Waals surface area contributed by atoms with Crippen LogP contribution in [0.5, 0.6) is 11.5 Å². The van der Waals surface area contributed by atoms with Crippen molar-refractivity contribution in [3.05, 3.63) is 58.5 Å². The lowest BCUT2D eigenvalue weighted by Gasteiger charge is -2.15. The number of aromatic hydroxyl groups is 1. The minimum absolute atomic E-state index is 0.222. The van der Waals surface area contributed by atoms with Gasteiger partial charge in [0.15, 0.2) is 0 Å². The average molecular weight is 336 g/mol. The van der Waals surface area contributed by atoms with Crippen LogP contribution in [-0.4, -0.2) is 23.4 Å². The fourth-order valence-corrected chi connectivity index (χ4v) is 3.80. The molecule has 1 aromatic heterocycles. The Kier molecular flexibility index (Phi) is 3.78. The standard InChI is InChI=1S/C19H16N2O2S/c1-23-14-7-8-15-12(10-14)6-9-17-18(15)21-19(24-17)20-11-13-4-2-3-5-16(13)22/h2-5,7-8,10-11,22H,6,9H2,1H3. The van der Waals surface area contributed by atoms with Crippen molar-refractivity contribution in [2.45, 2.75) is 12.8 Å². The number of ether oxygens (including phenoxy) is 1. The average Bonchev–Trinajstić information content (AvgIpc) is 3.04. The Morgan fingerprint density at radius 1 is 1.21 bits per heavy atom. The van der Waals surface area contributed by atoms with Gasteiger partial charge in [-0.05, 0) is 48.7 Å². The van der Waals surface area contributed by atoms with E-state index in [1.165, 1.54) is 10.4 Å². The van der Waals surface area contributed by atoms with E-state index in [1.54, 1.807) is 36.8 Å². The van der Waals surface area contributed by atoms with E-state index in [0.29, 0.717) is 10.7 Å². The van der Waals surface area contributed by atoms with Gasteiger partial charge in [0.1, 0.15) is 11.5 Å². The Bertz CT molecular complexity index is 931. The fraction of sp³-hybridized carbons (Fsp3) is 0.158. The van der Waals surface area contributed by atoms with Gasteiger partial charge in [-0.3, -0.25) is 0 Å². The van der Waals surface area contributed by atoms with Gasteiger partial charge in [-0.25, -0.2) is 9.98 Å². The summed E-state index contributed by atoms with van der Waals surface area (Å²) in [4.78, 5) is 10.4. The second-order valence-electron chi connectivity index (χ2n) is 5.61. The lowest BCUT2D eigenvalue weighted by atomic mass is 9.93. The number of fused-ring (bicyclic) bond motifs is 3. The van der Waals surface area contributed by atoms with Gasteiger partial charge in [0.25, 0.3) is 0 Å². The number of phenolic OH excluding ortho intramolecular Hbond substituents is 1. The molecule has 1 aliphatic carbocycles. The van der Waals surface area contributed by atoms with Gasteiger partial charge in [0.2, 0.25) is 5.13 Å². The maximum atomic E-state index is 9.81. The van der Waals surface area contributed by atoms with Crippen LogP contribution in [0.4, 0.5) is 5.13 Å². The summed E-state index contributed by atoms with van der Waals surface area (Å²) in [7, 11) is 1.69. The van der Waals surface area contributed by atoms with Crippen molar-refractivity contribution < 1.29 is 9.84 Å². The number of aryl methyl sites for hydroxylation is 2. The van der Waals surface area contributed by atoms with Crippen LogP contribution in [0.15, 0.2) is 47.5 Å². The van der Waals surface area contributed by atoms with Crippen LogP contribution in [0.3, 0.4) is 0 Å². The molecule has 1 heterocycles. The lowest BCUT2D eigenvalue weighted by Crippen LogP contribution is -2.02. The third kappa shape index (κ3) is 2.67. The normalized spacial score (nSPS) is 12.9. The molecule has 0 unspecified atom stereocenters. The molecule has 0 atom stereocenters. The molecule has 0 saturated heterocycles. The minimum Gasteiger partial charge on any atom is -0.507 e. The van der Waals surface area contributed by atoms with Crippen molar-refractivity contribution in [3.63, 3.8) is 0 Å². The summed E-state index contributed by atoms with van der Waals surface area (Å²) >= 11 is 1.61. The highest BCUT2D eigenvalue weighted by molar-refractivity contribution is 7.15. The third-order valence-corrected chi connectivity index (χ3v) is 5.15. The number of rotatable bonds is 3. The van der Waals surface area contributed by atoms with Crippen LogP contribution < -0.4 is 4.74 Å². The number of hydrogen-bond acceptors (Lipinski definition) is 5. The first kappa shape index (κ1) is 14.9. The number of aliphatic imine (C=N–C) groups is 1. The van der Waals surface area contributed by atoms with E-state index in [2.05, 4.69) is 17.1 Å². The number of thiazole rings is 1. The number of para-hydroxylation sites is 1. The van der Waals surface area contributed by atoms with Crippen LogP contribution in [0, 0.1) is 0 Å². The quantitative estimate of drug-likeness (QED) is 0.723. The summed E-state index contributed by atoms with van der Waals surface area (Å²) in [6, 6.07) is 13.3. The van der Waals surface area contributed by atoms with Crippen molar-refractivity contribution >= 4 is 22.7 Å². The molecule has 120 valence electrons. The van der Waals surface area contributed by atoms with Gasteiger partial charge in [-0.1, -0.05) is 23.5 Å². The molecule has 3 aromatic rings. The zero-order valence-electron chi connectivity index (χ0n) is 13.2. The van der Waals surface area contributed by atoms with Crippen LogP contribution in [0.1, 0.15) is 16.0 Å². The van der Waals surface area contributed by atoms with Crippen molar-refractivity contribution in [1.29, 1.82) is 0 Å². The van der Waals surface area contributed by atoms with E-state index in [4.69, 9.17) is 9.72 Å². The summed E-state index contributed by atoms with van der Waals surface area (Å²) in [5, 5.41) is 10.5. The monoisotopic (exact) mass is 336 g/mol. The molecule has 24 heavy (non-hydrogen) atoms. The predicted octanol–water partition coefficient (Wildman–Crippen LogP) is 4.37. The highest BCUT2D eigenvalue weighted by Crippen LogP contribution is 2.40. The lowest BCUT2D eigenvalue weighted by molar-refractivity contribution is 0.414. The second-order valence-corrected chi connectivity index (χ2v) is 6.67. The van der Waals surface area contributed by atoms with Gasteiger partial charge >= 0.3 is 0 Å². The van der Waals surface area contributed by atoms with E-state index < -0.39 is 0 Å². The van der Waals surface area contributed by atoms with Gasteiger partial charge < -0.3 is 9.84 Å².